The topological polar surface area (TPSA) is 93.0 Å². The Balaban J connectivity index is 1.73. The molecule has 1 saturated heterocycles. The van der Waals surface area contributed by atoms with Crippen molar-refractivity contribution in [3.63, 3.8) is 0 Å². The van der Waals surface area contributed by atoms with Crippen molar-refractivity contribution in [3.05, 3.63) is 62.6 Å². The van der Waals surface area contributed by atoms with Crippen LogP contribution in [0.2, 0.25) is 0 Å². The Morgan fingerprint density at radius 2 is 2.11 bits per heavy atom. The van der Waals surface area contributed by atoms with Crippen LogP contribution in [0, 0.1) is 0 Å². The highest BCUT2D eigenvalue weighted by Crippen LogP contribution is 2.32. The summed E-state index contributed by atoms with van der Waals surface area (Å²) in [6.07, 6.45) is 6.66. The lowest BCUT2D eigenvalue weighted by Gasteiger charge is -2.35. The molecule has 8 heteroatoms. The summed E-state index contributed by atoms with van der Waals surface area (Å²) in [5, 5.41) is 4.64. The SMILES string of the molecule is CCn1c(=O)[nH]c2cc(C(=O)N3CCCCC3c3cnn(C)c3)ccc2c1=O. The standard InChI is InChI=1S/C20H23N5O3/c1-3-24-19(27)15-8-7-13(10-16(15)22-20(24)28)18(26)25-9-5-4-6-17(25)14-11-21-23(2)12-14/h7-8,10-12,17H,3-6,9H2,1-2H3,(H,22,28). The van der Waals surface area contributed by atoms with Crippen LogP contribution in [0.1, 0.15) is 48.1 Å². The molecule has 3 heterocycles. The van der Waals surface area contributed by atoms with Crippen molar-refractivity contribution in [1.82, 2.24) is 24.2 Å². The van der Waals surface area contributed by atoms with E-state index in [4.69, 9.17) is 0 Å². The highest BCUT2D eigenvalue weighted by Gasteiger charge is 2.29. The molecule has 1 aliphatic rings. The van der Waals surface area contributed by atoms with Crippen molar-refractivity contribution in [2.24, 2.45) is 7.05 Å². The molecule has 1 atom stereocenters. The van der Waals surface area contributed by atoms with Gasteiger partial charge in [0.05, 0.1) is 23.1 Å². The number of benzene rings is 1. The minimum absolute atomic E-state index is 0.0159. The predicted octanol–water partition coefficient (Wildman–Crippen LogP) is 1.81. The first-order valence-corrected chi connectivity index (χ1v) is 9.56. The number of fused-ring (bicyclic) bond motifs is 1. The molecule has 28 heavy (non-hydrogen) atoms. The third kappa shape index (κ3) is 3.04. The van der Waals surface area contributed by atoms with Gasteiger partial charge in [-0.2, -0.15) is 5.10 Å². The van der Waals surface area contributed by atoms with Crippen molar-refractivity contribution in [1.29, 1.82) is 0 Å². The average molecular weight is 381 g/mol. The van der Waals surface area contributed by atoms with Gasteiger partial charge in [-0.25, -0.2) is 4.79 Å². The molecule has 1 aliphatic heterocycles. The van der Waals surface area contributed by atoms with Gasteiger partial charge >= 0.3 is 5.69 Å². The molecular formula is C20H23N5O3. The van der Waals surface area contributed by atoms with Crippen LogP contribution in [0.15, 0.2) is 40.2 Å². The van der Waals surface area contributed by atoms with E-state index in [0.29, 0.717) is 29.6 Å². The van der Waals surface area contributed by atoms with E-state index < -0.39 is 5.69 Å². The molecule has 8 nitrogen and oxygen atoms in total. The zero-order chi connectivity index (χ0) is 19.8. The smallest absolute Gasteiger partial charge is 0.328 e. The first kappa shape index (κ1) is 18.2. The summed E-state index contributed by atoms with van der Waals surface area (Å²) < 4.78 is 2.89. The Morgan fingerprint density at radius 3 is 2.82 bits per heavy atom. The lowest BCUT2D eigenvalue weighted by Crippen LogP contribution is -2.38. The average Bonchev–Trinajstić information content (AvgIpc) is 3.13. The van der Waals surface area contributed by atoms with E-state index in [9.17, 15) is 14.4 Å². The first-order chi connectivity index (χ1) is 13.5. The number of aromatic amines is 1. The number of amides is 1. The zero-order valence-corrected chi connectivity index (χ0v) is 16.0. The molecule has 3 aromatic rings. The number of H-pyrrole nitrogens is 1. The second kappa shape index (κ2) is 7.10. The number of aromatic nitrogens is 4. The van der Waals surface area contributed by atoms with Crippen LogP contribution in [0.3, 0.4) is 0 Å². The molecule has 0 radical (unpaired) electrons. The van der Waals surface area contributed by atoms with Crippen molar-refractivity contribution in [2.45, 2.75) is 38.8 Å². The van der Waals surface area contributed by atoms with Gasteiger partial charge in [-0.15, -0.1) is 0 Å². The summed E-state index contributed by atoms with van der Waals surface area (Å²) in [6.45, 7) is 2.71. The molecule has 0 bridgehead atoms. The van der Waals surface area contributed by atoms with Crippen LogP contribution >= 0.6 is 0 Å². The van der Waals surface area contributed by atoms with Crippen LogP contribution in [0.25, 0.3) is 10.9 Å². The quantitative estimate of drug-likeness (QED) is 0.749. The Kier molecular flexibility index (Phi) is 4.62. The molecule has 4 rings (SSSR count). The number of carbonyl (C=O) groups is 1. The number of aryl methyl sites for hydroxylation is 1. The monoisotopic (exact) mass is 381 g/mol. The van der Waals surface area contributed by atoms with Gasteiger partial charge in [-0.3, -0.25) is 18.8 Å². The largest absolute Gasteiger partial charge is 0.331 e. The maximum Gasteiger partial charge on any atom is 0.328 e. The molecular weight excluding hydrogens is 358 g/mol. The molecule has 1 N–H and O–H groups in total. The summed E-state index contributed by atoms with van der Waals surface area (Å²) >= 11 is 0. The van der Waals surface area contributed by atoms with Gasteiger partial charge in [0.2, 0.25) is 0 Å². The van der Waals surface area contributed by atoms with Crippen LogP contribution in [0.5, 0.6) is 0 Å². The van der Waals surface area contributed by atoms with Gasteiger partial charge in [0, 0.05) is 37.5 Å². The van der Waals surface area contributed by atoms with Crippen molar-refractivity contribution < 1.29 is 4.79 Å². The summed E-state index contributed by atoms with van der Waals surface area (Å²) in [6, 6.07) is 4.88. The fourth-order valence-electron chi connectivity index (χ4n) is 3.97. The van der Waals surface area contributed by atoms with Gasteiger partial charge in [-0.1, -0.05) is 0 Å². The van der Waals surface area contributed by atoms with E-state index in [0.717, 1.165) is 29.4 Å². The number of piperidine rings is 1. The van der Waals surface area contributed by atoms with E-state index >= 15 is 0 Å². The molecule has 1 unspecified atom stereocenters. The highest BCUT2D eigenvalue weighted by atomic mass is 16.2. The fourth-order valence-corrected chi connectivity index (χ4v) is 3.97. The molecule has 0 spiro atoms. The lowest BCUT2D eigenvalue weighted by molar-refractivity contribution is 0.0611. The molecule has 146 valence electrons. The summed E-state index contributed by atoms with van der Waals surface area (Å²) in [5.41, 5.74) is 1.07. The van der Waals surface area contributed by atoms with Crippen LogP contribution in [0.4, 0.5) is 0 Å². The lowest BCUT2D eigenvalue weighted by atomic mass is 9.96. The van der Waals surface area contributed by atoms with Crippen LogP contribution in [-0.2, 0) is 13.6 Å². The molecule has 1 amide bonds. The second-order valence-corrected chi connectivity index (χ2v) is 7.20. The fraction of sp³-hybridized carbons (Fsp3) is 0.400. The number of likely N-dealkylation sites (tertiary alicyclic amines) is 1. The van der Waals surface area contributed by atoms with Gasteiger partial charge in [-0.05, 0) is 44.4 Å². The van der Waals surface area contributed by atoms with Gasteiger partial charge < -0.3 is 9.88 Å². The second-order valence-electron chi connectivity index (χ2n) is 7.20. The van der Waals surface area contributed by atoms with E-state index in [1.54, 1.807) is 36.0 Å². The highest BCUT2D eigenvalue weighted by molar-refractivity contribution is 5.98. The first-order valence-electron chi connectivity index (χ1n) is 9.56. The predicted molar refractivity (Wildman–Crippen MR) is 105 cm³/mol. The number of hydrogen-bond acceptors (Lipinski definition) is 4. The van der Waals surface area contributed by atoms with E-state index in [2.05, 4.69) is 10.1 Å². The summed E-state index contributed by atoms with van der Waals surface area (Å²) in [7, 11) is 1.86. The number of rotatable bonds is 3. The van der Waals surface area contributed by atoms with E-state index in [1.807, 2.05) is 18.1 Å². The van der Waals surface area contributed by atoms with Gasteiger partial charge in [0.25, 0.3) is 11.5 Å². The molecule has 2 aromatic heterocycles. The minimum atomic E-state index is -0.462. The van der Waals surface area contributed by atoms with Crippen LogP contribution < -0.4 is 11.2 Å². The molecule has 0 saturated carbocycles. The Hall–Kier alpha value is -3.16. The Morgan fingerprint density at radius 1 is 1.29 bits per heavy atom. The minimum Gasteiger partial charge on any atom is -0.331 e. The van der Waals surface area contributed by atoms with Crippen molar-refractivity contribution in [3.8, 4) is 0 Å². The Bertz CT molecular complexity index is 1160. The zero-order valence-electron chi connectivity index (χ0n) is 16.0. The molecule has 0 aliphatic carbocycles. The third-order valence-electron chi connectivity index (χ3n) is 5.42. The molecule has 1 fully saturated rings. The number of hydrogen-bond donors (Lipinski definition) is 1. The van der Waals surface area contributed by atoms with Crippen LogP contribution in [-0.4, -0.2) is 36.7 Å². The number of nitrogens with one attached hydrogen (secondary N) is 1. The van der Waals surface area contributed by atoms with Crippen molar-refractivity contribution >= 4 is 16.8 Å². The van der Waals surface area contributed by atoms with Crippen molar-refractivity contribution in [2.75, 3.05) is 6.54 Å². The normalized spacial score (nSPS) is 17.2. The number of carbonyl (C=O) groups excluding carboxylic acids is 1. The number of nitrogens with zero attached hydrogens (tertiary/aromatic N) is 4. The van der Waals surface area contributed by atoms with E-state index in [-0.39, 0.29) is 17.5 Å². The summed E-state index contributed by atoms with van der Waals surface area (Å²) in [5.74, 6) is -0.101. The Labute approximate surface area is 161 Å². The van der Waals surface area contributed by atoms with Gasteiger partial charge in [0.15, 0.2) is 0 Å². The van der Waals surface area contributed by atoms with E-state index in [1.165, 1.54) is 0 Å². The third-order valence-corrected chi connectivity index (χ3v) is 5.42. The summed E-state index contributed by atoms with van der Waals surface area (Å²) in [4.78, 5) is 42.4. The van der Waals surface area contributed by atoms with Gasteiger partial charge in [0.1, 0.15) is 0 Å². The maximum atomic E-state index is 13.3. The molecule has 1 aromatic carbocycles. The maximum absolute atomic E-state index is 13.3.